The van der Waals surface area contributed by atoms with Gasteiger partial charge < -0.3 is 14.5 Å². The molecule has 0 N–H and O–H groups in total. The summed E-state index contributed by atoms with van der Waals surface area (Å²) in [5.41, 5.74) is 0.117. The van der Waals surface area contributed by atoms with Gasteiger partial charge >= 0.3 is 12.3 Å². The smallest absolute Gasteiger partial charge is 0.422 e. The Hall–Kier alpha value is -0.980. The van der Waals surface area contributed by atoms with Crippen LogP contribution in [0.4, 0.5) is 18.0 Å². The Morgan fingerprint density at radius 2 is 1.88 bits per heavy atom. The number of carbonyl (C=O) groups excluding carboxylic acids is 1. The van der Waals surface area contributed by atoms with E-state index < -0.39 is 18.9 Å². The van der Waals surface area contributed by atoms with Crippen LogP contribution in [0.15, 0.2) is 0 Å². The lowest BCUT2D eigenvalue weighted by Crippen LogP contribution is -2.72. The minimum atomic E-state index is -4.45. The van der Waals surface area contributed by atoms with Crippen LogP contribution < -0.4 is 0 Å². The predicted molar refractivity (Wildman–Crippen MR) is 48.9 cm³/mol. The standard InChI is InChI=1S/C9H13F3N2O2/c1-13-2-8(3-13)4-14(5-8)7(15)16-6-9(10,11)12/h2-6H2,1H3. The van der Waals surface area contributed by atoms with Crippen LogP contribution in [-0.4, -0.2) is 61.9 Å². The molecule has 0 unspecified atom stereocenters. The molecule has 0 atom stereocenters. The molecule has 0 aromatic heterocycles. The molecule has 2 aliphatic rings. The van der Waals surface area contributed by atoms with Gasteiger partial charge in [-0.15, -0.1) is 0 Å². The first-order valence-electron chi connectivity index (χ1n) is 4.97. The summed E-state index contributed by atoms with van der Waals surface area (Å²) < 4.78 is 39.5. The highest BCUT2D eigenvalue weighted by molar-refractivity contribution is 5.69. The molecule has 0 aromatic rings. The first-order chi connectivity index (χ1) is 7.30. The average Bonchev–Trinajstić information content (AvgIpc) is 2.03. The van der Waals surface area contributed by atoms with Crippen LogP contribution in [-0.2, 0) is 4.74 Å². The van der Waals surface area contributed by atoms with Gasteiger partial charge in [-0.1, -0.05) is 0 Å². The lowest BCUT2D eigenvalue weighted by molar-refractivity contribution is -0.168. The lowest BCUT2D eigenvalue weighted by atomic mass is 9.73. The van der Waals surface area contributed by atoms with Crippen molar-refractivity contribution in [3.05, 3.63) is 0 Å². The number of nitrogens with zero attached hydrogens (tertiary/aromatic N) is 2. The number of amides is 1. The number of likely N-dealkylation sites (tertiary alicyclic amines) is 2. The van der Waals surface area contributed by atoms with E-state index in [0.717, 1.165) is 13.1 Å². The number of halogens is 3. The zero-order valence-electron chi connectivity index (χ0n) is 8.88. The summed E-state index contributed by atoms with van der Waals surface area (Å²) in [6.45, 7) is 1.31. The van der Waals surface area contributed by atoms with Crippen LogP contribution in [0.25, 0.3) is 0 Å². The molecule has 0 radical (unpaired) electrons. The van der Waals surface area contributed by atoms with Crippen molar-refractivity contribution >= 4 is 6.09 Å². The van der Waals surface area contributed by atoms with E-state index in [-0.39, 0.29) is 5.41 Å². The Kier molecular flexibility index (Phi) is 2.52. The van der Waals surface area contributed by atoms with E-state index in [9.17, 15) is 18.0 Å². The van der Waals surface area contributed by atoms with Crippen molar-refractivity contribution in [1.29, 1.82) is 0 Å². The molecule has 0 aliphatic carbocycles. The molecule has 7 heteroatoms. The molecule has 0 saturated carbocycles. The van der Waals surface area contributed by atoms with Crippen LogP contribution in [0.5, 0.6) is 0 Å². The maximum Gasteiger partial charge on any atom is 0.422 e. The Morgan fingerprint density at radius 1 is 1.31 bits per heavy atom. The molecule has 2 heterocycles. The fraction of sp³-hybridized carbons (Fsp3) is 0.889. The van der Waals surface area contributed by atoms with Crippen LogP contribution in [0.3, 0.4) is 0 Å². The zero-order valence-corrected chi connectivity index (χ0v) is 8.88. The molecule has 4 nitrogen and oxygen atoms in total. The minimum absolute atomic E-state index is 0.117. The van der Waals surface area contributed by atoms with Gasteiger partial charge in [-0.3, -0.25) is 0 Å². The van der Waals surface area contributed by atoms with Crippen LogP contribution in [0, 0.1) is 5.41 Å². The first kappa shape index (κ1) is 11.5. The SMILES string of the molecule is CN1CC2(C1)CN(C(=O)OCC(F)(F)F)C2. The molecular weight excluding hydrogens is 225 g/mol. The fourth-order valence-corrected chi connectivity index (χ4v) is 2.43. The maximum absolute atomic E-state index is 11.8. The summed E-state index contributed by atoms with van der Waals surface area (Å²) in [5.74, 6) is 0. The van der Waals surface area contributed by atoms with Gasteiger partial charge in [0.15, 0.2) is 6.61 Å². The first-order valence-corrected chi connectivity index (χ1v) is 4.97. The number of alkyl halides is 3. The summed E-state index contributed by atoms with van der Waals surface area (Å²) in [4.78, 5) is 14.6. The van der Waals surface area contributed by atoms with Crippen molar-refractivity contribution in [1.82, 2.24) is 9.80 Å². The molecule has 2 rings (SSSR count). The quantitative estimate of drug-likeness (QED) is 0.681. The summed E-state index contributed by atoms with van der Waals surface area (Å²) in [7, 11) is 1.97. The zero-order chi connectivity index (χ0) is 12.0. The number of carbonyl (C=O) groups is 1. The summed E-state index contributed by atoms with van der Waals surface area (Å²) in [6.07, 6.45) is -5.31. The van der Waals surface area contributed by atoms with E-state index in [4.69, 9.17) is 0 Å². The van der Waals surface area contributed by atoms with E-state index in [2.05, 4.69) is 9.64 Å². The van der Waals surface area contributed by atoms with Crippen molar-refractivity contribution in [2.24, 2.45) is 5.41 Å². The Labute approximate surface area is 90.9 Å². The van der Waals surface area contributed by atoms with E-state index in [1.54, 1.807) is 0 Å². The van der Waals surface area contributed by atoms with Gasteiger partial charge in [0.2, 0.25) is 0 Å². The topological polar surface area (TPSA) is 32.8 Å². The molecule has 0 bridgehead atoms. The third-order valence-electron chi connectivity index (χ3n) is 2.88. The van der Waals surface area contributed by atoms with Gasteiger partial charge in [0.05, 0.1) is 0 Å². The number of ether oxygens (including phenoxy) is 1. The number of rotatable bonds is 1. The largest absolute Gasteiger partial charge is 0.440 e. The summed E-state index contributed by atoms with van der Waals surface area (Å²) in [5, 5.41) is 0. The average molecular weight is 238 g/mol. The number of hydrogen-bond acceptors (Lipinski definition) is 3. The second-order valence-corrected chi connectivity index (χ2v) is 4.70. The van der Waals surface area contributed by atoms with E-state index in [1.807, 2.05) is 7.05 Å². The monoisotopic (exact) mass is 238 g/mol. The highest BCUT2D eigenvalue weighted by Gasteiger charge is 2.52. The molecule has 1 spiro atoms. The molecule has 2 fully saturated rings. The van der Waals surface area contributed by atoms with Gasteiger partial charge in [0, 0.05) is 31.6 Å². The number of hydrogen-bond donors (Lipinski definition) is 0. The van der Waals surface area contributed by atoms with E-state index in [0.29, 0.717) is 13.1 Å². The van der Waals surface area contributed by atoms with Gasteiger partial charge in [-0.25, -0.2) is 4.79 Å². The van der Waals surface area contributed by atoms with E-state index >= 15 is 0 Å². The van der Waals surface area contributed by atoms with Crippen LogP contribution >= 0.6 is 0 Å². The maximum atomic E-state index is 11.8. The lowest BCUT2D eigenvalue weighted by Gasteiger charge is -2.58. The molecule has 1 amide bonds. The van der Waals surface area contributed by atoms with Gasteiger partial charge in [0.25, 0.3) is 0 Å². The second-order valence-electron chi connectivity index (χ2n) is 4.70. The highest BCUT2D eigenvalue weighted by Crippen LogP contribution is 2.38. The molecule has 0 aromatic carbocycles. The molecule has 2 saturated heterocycles. The van der Waals surface area contributed by atoms with Gasteiger partial charge in [-0.2, -0.15) is 13.2 Å². The molecular formula is C9H13F3N2O2. The third-order valence-corrected chi connectivity index (χ3v) is 2.88. The van der Waals surface area contributed by atoms with Crippen molar-refractivity contribution in [3.8, 4) is 0 Å². The Balaban J connectivity index is 1.70. The highest BCUT2D eigenvalue weighted by atomic mass is 19.4. The third kappa shape index (κ3) is 2.23. The van der Waals surface area contributed by atoms with Gasteiger partial charge in [-0.05, 0) is 7.05 Å². The van der Waals surface area contributed by atoms with E-state index in [1.165, 1.54) is 4.90 Å². The fourth-order valence-electron chi connectivity index (χ4n) is 2.43. The normalized spacial score (nSPS) is 23.9. The van der Waals surface area contributed by atoms with Crippen molar-refractivity contribution < 1.29 is 22.7 Å². The van der Waals surface area contributed by atoms with Crippen LogP contribution in [0.1, 0.15) is 0 Å². The summed E-state index contributed by atoms with van der Waals surface area (Å²) in [6, 6.07) is 0. The minimum Gasteiger partial charge on any atom is -0.440 e. The molecule has 2 aliphatic heterocycles. The van der Waals surface area contributed by atoms with Gasteiger partial charge in [0.1, 0.15) is 0 Å². The van der Waals surface area contributed by atoms with Crippen molar-refractivity contribution in [2.75, 3.05) is 39.8 Å². The van der Waals surface area contributed by atoms with Crippen molar-refractivity contribution in [2.45, 2.75) is 6.18 Å². The predicted octanol–water partition coefficient (Wildman–Crippen LogP) is 0.933. The van der Waals surface area contributed by atoms with Crippen LogP contribution in [0.2, 0.25) is 0 Å². The van der Waals surface area contributed by atoms with Crippen molar-refractivity contribution in [3.63, 3.8) is 0 Å². The summed E-state index contributed by atoms with van der Waals surface area (Å²) >= 11 is 0. The Bertz CT molecular complexity index is 292. The molecule has 16 heavy (non-hydrogen) atoms. The molecule has 92 valence electrons. The second kappa shape index (κ2) is 3.51. The Morgan fingerprint density at radius 3 is 2.31 bits per heavy atom.